The molecule has 0 atom stereocenters. The molecule has 9 nitrogen and oxygen atoms in total. The van der Waals surface area contributed by atoms with Crippen molar-refractivity contribution in [1.82, 2.24) is 19.7 Å². The van der Waals surface area contributed by atoms with Gasteiger partial charge in [-0.15, -0.1) is 13.2 Å². The number of amides is 2. The predicted octanol–water partition coefficient (Wildman–Crippen LogP) is 5.00. The third kappa shape index (κ3) is 5.29. The lowest BCUT2D eigenvalue weighted by atomic mass is 10.0. The molecule has 1 aliphatic heterocycles. The maximum Gasteiger partial charge on any atom is 0.573 e. The number of alkyl halides is 3. The summed E-state index contributed by atoms with van der Waals surface area (Å²) in [5, 5.41) is 7.81. The number of rotatable bonds is 6. The van der Waals surface area contributed by atoms with E-state index in [1.54, 1.807) is 24.2 Å². The first-order chi connectivity index (χ1) is 18.2. The molecule has 0 spiro atoms. The number of aromatic nitrogens is 3. The summed E-state index contributed by atoms with van der Waals surface area (Å²) < 4.78 is 48.0. The number of hydrogen-bond donors (Lipinski definition) is 2. The molecular weight excluding hydrogens is 503 g/mol. The summed E-state index contributed by atoms with van der Waals surface area (Å²) in [7, 11) is 1.57. The summed E-state index contributed by atoms with van der Waals surface area (Å²) in [4.78, 5) is 30.7. The lowest BCUT2D eigenvalue weighted by Crippen LogP contribution is -2.39. The first kappa shape index (κ1) is 25.2. The third-order valence-corrected chi connectivity index (χ3v) is 6.45. The van der Waals surface area contributed by atoms with Gasteiger partial charge in [-0.1, -0.05) is 6.07 Å². The van der Waals surface area contributed by atoms with Crippen LogP contribution in [0.2, 0.25) is 0 Å². The number of hydrogen-bond acceptors (Lipinski definition) is 5. The Morgan fingerprint density at radius 1 is 1.11 bits per heavy atom. The summed E-state index contributed by atoms with van der Waals surface area (Å²) in [5.74, 6) is -0.328. The second kappa shape index (κ2) is 10.1. The molecule has 3 heterocycles. The van der Waals surface area contributed by atoms with Crippen LogP contribution in [0.1, 0.15) is 39.6 Å². The maximum atomic E-state index is 13.3. The molecule has 0 aliphatic carbocycles. The Balaban J connectivity index is 1.18. The number of ether oxygens (including phenoxy) is 2. The fraction of sp³-hybridized carbons (Fsp3) is 0.269. The maximum absolute atomic E-state index is 13.3. The topological polar surface area (TPSA) is 101 Å². The lowest BCUT2D eigenvalue weighted by Gasteiger charge is -2.32. The van der Waals surface area contributed by atoms with Gasteiger partial charge in [0.1, 0.15) is 11.5 Å². The molecule has 2 aromatic heterocycles. The highest BCUT2D eigenvalue weighted by atomic mass is 19.4. The van der Waals surface area contributed by atoms with Crippen LogP contribution in [-0.2, 0) is 0 Å². The quantitative estimate of drug-likeness (QED) is 0.368. The summed E-state index contributed by atoms with van der Waals surface area (Å²) in [5.41, 5.74) is 2.03. The highest BCUT2D eigenvalue weighted by Gasteiger charge is 2.31. The van der Waals surface area contributed by atoms with Gasteiger partial charge in [0.25, 0.3) is 11.8 Å². The Labute approximate surface area is 215 Å². The largest absolute Gasteiger partial charge is 0.573 e. The van der Waals surface area contributed by atoms with E-state index >= 15 is 0 Å². The van der Waals surface area contributed by atoms with Crippen molar-refractivity contribution in [2.24, 2.45) is 0 Å². The average molecular weight is 528 g/mol. The van der Waals surface area contributed by atoms with E-state index in [-0.39, 0.29) is 17.5 Å². The van der Waals surface area contributed by atoms with Crippen molar-refractivity contribution in [3.05, 3.63) is 72.2 Å². The molecule has 198 valence electrons. The van der Waals surface area contributed by atoms with Crippen molar-refractivity contribution in [1.29, 1.82) is 0 Å². The molecule has 2 amide bonds. The molecule has 38 heavy (non-hydrogen) atoms. The molecule has 0 unspecified atom stereocenters. The standard InChI is InChI=1S/C26H24F3N5O4/c1-37-22-4-2-3-21-23(22)20(14-30-21)25(36)33-11-9-18(10-12-33)34-15-17(13-31-34)32-24(35)16-5-7-19(8-6-16)38-26(27,28)29/h2-8,13-15,18,30H,9-12H2,1H3,(H,32,35). The molecule has 1 fully saturated rings. The van der Waals surface area contributed by atoms with Crippen LogP contribution in [-0.4, -0.2) is 58.0 Å². The Hall–Kier alpha value is -4.48. The van der Waals surface area contributed by atoms with E-state index < -0.39 is 18.0 Å². The molecule has 12 heteroatoms. The first-order valence-corrected chi connectivity index (χ1v) is 11.9. The van der Waals surface area contributed by atoms with E-state index in [0.717, 1.165) is 23.0 Å². The van der Waals surface area contributed by atoms with Crippen LogP contribution >= 0.6 is 0 Å². The normalized spacial score (nSPS) is 14.5. The van der Waals surface area contributed by atoms with E-state index in [4.69, 9.17) is 4.74 Å². The van der Waals surface area contributed by atoms with Crippen molar-refractivity contribution in [3.63, 3.8) is 0 Å². The molecule has 0 radical (unpaired) electrons. The lowest BCUT2D eigenvalue weighted by molar-refractivity contribution is -0.274. The third-order valence-electron chi connectivity index (χ3n) is 6.45. The van der Waals surface area contributed by atoms with Crippen LogP contribution < -0.4 is 14.8 Å². The highest BCUT2D eigenvalue weighted by Crippen LogP contribution is 2.31. The number of fused-ring (bicyclic) bond motifs is 1. The number of halogens is 3. The van der Waals surface area contributed by atoms with Crippen LogP contribution in [0, 0.1) is 0 Å². The first-order valence-electron chi connectivity index (χ1n) is 11.9. The fourth-order valence-electron chi connectivity index (χ4n) is 4.61. The number of anilines is 1. The van der Waals surface area contributed by atoms with Gasteiger partial charge in [0.2, 0.25) is 0 Å². The Morgan fingerprint density at radius 3 is 2.53 bits per heavy atom. The fourth-order valence-corrected chi connectivity index (χ4v) is 4.61. The van der Waals surface area contributed by atoms with Gasteiger partial charge in [-0.2, -0.15) is 5.10 Å². The van der Waals surface area contributed by atoms with Crippen LogP contribution in [0.4, 0.5) is 18.9 Å². The number of nitrogens with one attached hydrogen (secondary N) is 2. The second-order valence-electron chi connectivity index (χ2n) is 8.84. The van der Waals surface area contributed by atoms with E-state index in [0.29, 0.717) is 42.9 Å². The number of H-pyrrole nitrogens is 1. The minimum absolute atomic E-state index is 0.0426. The predicted molar refractivity (Wildman–Crippen MR) is 132 cm³/mol. The number of methoxy groups -OCH3 is 1. The van der Waals surface area contributed by atoms with E-state index in [2.05, 4.69) is 20.1 Å². The second-order valence-corrected chi connectivity index (χ2v) is 8.84. The SMILES string of the molecule is COc1cccc2[nH]cc(C(=O)N3CCC(n4cc(NC(=O)c5ccc(OC(F)(F)F)cc5)cn4)CC3)c12. The van der Waals surface area contributed by atoms with Crippen molar-refractivity contribution < 1.29 is 32.2 Å². The molecule has 5 rings (SSSR count). The van der Waals surface area contributed by atoms with Gasteiger partial charge in [0, 0.05) is 36.6 Å². The van der Waals surface area contributed by atoms with Crippen molar-refractivity contribution in [3.8, 4) is 11.5 Å². The Kier molecular flexibility index (Phi) is 6.70. The molecule has 0 bridgehead atoms. The van der Waals surface area contributed by atoms with Crippen molar-refractivity contribution >= 4 is 28.4 Å². The minimum Gasteiger partial charge on any atom is -0.496 e. The zero-order valence-electron chi connectivity index (χ0n) is 20.3. The Morgan fingerprint density at radius 2 is 1.84 bits per heavy atom. The zero-order chi connectivity index (χ0) is 26.9. The average Bonchev–Trinajstić information content (AvgIpc) is 3.55. The number of carbonyl (C=O) groups excluding carboxylic acids is 2. The molecule has 0 saturated carbocycles. The van der Waals surface area contributed by atoms with Crippen LogP contribution in [0.25, 0.3) is 10.9 Å². The van der Waals surface area contributed by atoms with Gasteiger partial charge in [-0.05, 0) is 49.2 Å². The summed E-state index contributed by atoms with van der Waals surface area (Å²) in [6.45, 7) is 1.08. The van der Waals surface area contributed by atoms with Crippen LogP contribution in [0.3, 0.4) is 0 Å². The number of carbonyl (C=O) groups is 2. The number of aromatic amines is 1. The van der Waals surface area contributed by atoms with Gasteiger partial charge in [-0.25, -0.2) is 0 Å². The summed E-state index contributed by atoms with van der Waals surface area (Å²) in [6.07, 6.45) is 1.48. The van der Waals surface area contributed by atoms with Crippen molar-refractivity contribution in [2.75, 3.05) is 25.5 Å². The van der Waals surface area contributed by atoms with Crippen molar-refractivity contribution in [2.45, 2.75) is 25.2 Å². The number of nitrogens with zero attached hydrogens (tertiary/aromatic N) is 3. The van der Waals surface area contributed by atoms with Crippen LogP contribution in [0.15, 0.2) is 61.1 Å². The highest BCUT2D eigenvalue weighted by molar-refractivity contribution is 6.09. The molecular formula is C26H24F3N5O4. The number of benzene rings is 2. The summed E-state index contributed by atoms with van der Waals surface area (Å²) in [6, 6.07) is 10.3. The van der Waals surface area contributed by atoms with Gasteiger partial charge in [0.15, 0.2) is 0 Å². The van der Waals surface area contributed by atoms with Gasteiger partial charge in [-0.3, -0.25) is 14.3 Å². The van der Waals surface area contributed by atoms with Gasteiger partial charge < -0.3 is 24.7 Å². The van der Waals surface area contributed by atoms with Gasteiger partial charge >= 0.3 is 6.36 Å². The smallest absolute Gasteiger partial charge is 0.496 e. The van der Waals surface area contributed by atoms with Gasteiger partial charge in [0.05, 0.1) is 36.0 Å². The number of likely N-dealkylation sites (tertiary alicyclic amines) is 1. The monoisotopic (exact) mass is 527 g/mol. The van der Waals surface area contributed by atoms with E-state index in [9.17, 15) is 22.8 Å². The number of piperidine rings is 1. The Bertz CT molecular complexity index is 1450. The molecule has 4 aromatic rings. The molecule has 2 N–H and O–H groups in total. The molecule has 1 aliphatic rings. The zero-order valence-corrected chi connectivity index (χ0v) is 20.3. The minimum atomic E-state index is -4.80. The summed E-state index contributed by atoms with van der Waals surface area (Å²) >= 11 is 0. The van der Waals surface area contributed by atoms with Crippen LogP contribution in [0.5, 0.6) is 11.5 Å². The van der Waals surface area contributed by atoms with E-state index in [1.165, 1.54) is 18.3 Å². The van der Waals surface area contributed by atoms with E-state index in [1.807, 2.05) is 23.1 Å². The molecule has 1 saturated heterocycles. The molecule has 2 aromatic carbocycles.